The molecule has 1 aromatic rings. The number of nitrogens with one attached hydrogen (secondary N) is 1. The van der Waals surface area contributed by atoms with Gasteiger partial charge in [-0.2, -0.15) is 0 Å². The summed E-state index contributed by atoms with van der Waals surface area (Å²) in [5, 5.41) is 3.36. The first-order valence-electron chi connectivity index (χ1n) is 6.72. The summed E-state index contributed by atoms with van der Waals surface area (Å²) >= 11 is 0. The van der Waals surface area contributed by atoms with E-state index < -0.39 is 0 Å². The van der Waals surface area contributed by atoms with Gasteiger partial charge in [0.25, 0.3) is 0 Å². The van der Waals surface area contributed by atoms with Crippen molar-refractivity contribution in [1.29, 1.82) is 0 Å². The highest BCUT2D eigenvalue weighted by Crippen LogP contribution is 2.18. The van der Waals surface area contributed by atoms with Crippen LogP contribution in [-0.2, 0) is 4.79 Å². The Kier molecular flexibility index (Phi) is 4.76. The van der Waals surface area contributed by atoms with E-state index in [1.807, 2.05) is 31.2 Å². The number of benzene rings is 1. The van der Waals surface area contributed by atoms with Gasteiger partial charge in [-0.15, -0.1) is 0 Å². The zero-order valence-electron chi connectivity index (χ0n) is 10.9. The van der Waals surface area contributed by atoms with Crippen molar-refractivity contribution < 1.29 is 9.53 Å². The average Bonchev–Trinajstić information content (AvgIpc) is 2.38. The number of carbonyl (C=O) groups is 1. The van der Waals surface area contributed by atoms with Crippen LogP contribution in [0.5, 0.6) is 5.75 Å². The predicted molar refractivity (Wildman–Crippen MR) is 71.6 cm³/mol. The molecule has 0 radical (unpaired) electrons. The highest BCUT2D eigenvalue weighted by Gasteiger charge is 2.15. The minimum absolute atomic E-state index is 0.119. The summed E-state index contributed by atoms with van der Waals surface area (Å²) < 4.78 is 5.33. The lowest BCUT2D eigenvalue weighted by atomic mass is 9.95. The molecule has 3 nitrogen and oxygen atoms in total. The Morgan fingerprint density at radius 2 is 2.39 bits per heavy atom. The molecule has 1 aliphatic heterocycles. The second-order valence-electron chi connectivity index (χ2n) is 5.04. The van der Waals surface area contributed by atoms with Crippen LogP contribution in [0.2, 0.25) is 0 Å². The van der Waals surface area contributed by atoms with Crippen molar-refractivity contribution in [1.82, 2.24) is 5.32 Å². The number of hydrogen-bond acceptors (Lipinski definition) is 3. The van der Waals surface area contributed by atoms with Crippen LogP contribution in [0.25, 0.3) is 0 Å². The molecular weight excluding hydrogens is 226 g/mol. The van der Waals surface area contributed by atoms with Crippen molar-refractivity contribution in [2.75, 3.05) is 13.1 Å². The molecule has 1 aromatic carbocycles. The van der Waals surface area contributed by atoms with Gasteiger partial charge in [0.05, 0.1) is 0 Å². The number of piperidine rings is 1. The van der Waals surface area contributed by atoms with Crippen LogP contribution >= 0.6 is 0 Å². The second-order valence-corrected chi connectivity index (χ2v) is 5.04. The number of aryl methyl sites for hydroxylation is 1. The number of carbonyl (C=O) groups excluding carboxylic acids is 1. The zero-order chi connectivity index (χ0) is 12.8. The minimum Gasteiger partial charge on any atom is -0.427 e. The largest absolute Gasteiger partial charge is 0.427 e. The predicted octanol–water partition coefficient (Wildman–Crippen LogP) is 2.68. The lowest BCUT2D eigenvalue weighted by Crippen LogP contribution is -2.30. The molecule has 0 spiro atoms. The smallest absolute Gasteiger partial charge is 0.311 e. The number of rotatable bonds is 4. The maximum absolute atomic E-state index is 11.7. The molecule has 1 N–H and O–H groups in total. The number of hydrogen-bond donors (Lipinski definition) is 1. The standard InChI is InChI=1S/C15H21NO2/c1-12-4-2-6-14(10-12)18-15(17)8-7-13-5-3-9-16-11-13/h2,4,6,10,13,16H,3,5,7-9,11H2,1H3. The van der Waals surface area contributed by atoms with Crippen LogP contribution in [0, 0.1) is 12.8 Å². The average molecular weight is 247 g/mol. The fourth-order valence-electron chi connectivity index (χ4n) is 2.35. The molecule has 0 aliphatic carbocycles. The lowest BCUT2D eigenvalue weighted by molar-refractivity contribution is -0.134. The molecule has 98 valence electrons. The van der Waals surface area contributed by atoms with E-state index in [2.05, 4.69) is 5.32 Å². The molecule has 1 aliphatic rings. The Morgan fingerprint density at radius 1 is 1.50 bits per heavy atom. The van der Waals surface area contributed by atoms with Crippen molar-refractivity contribution in [3.63, 3.8) is 0 Å². The Labute approximate surface area is 109 Å². The van der Waals surface area contributed by atoms with Crippen LogP contribution in [0.1, 0.15) is 31.2 Å². The first kappa shape index (κ1) is 13.1. The van der Waals surface area contributed by atoms with Crippen molar-refractivity contribution in [3.05, 3.63) is 29.8 Å². The van der Waals surface area contributed by atoms with Gasteiger partial charge in [-0.1, -0.05) is 12.1 Å². The van der Waals surface area contributed by atoms with Gasteiger partial charge >= 0.3 is 5.97 Å². The van der Waals surface area contributed by atoms with Gasteiger partial charge in [0, 0.05) is 6.42 Å². The lowest BCUT2D eigenvalue weighted by Gasteiger charge is -2.22. The van der Waals surface area contributed by atoms with Gasteiger partial charge in [-0.3, -0.25) is 4.79 Å². The molecular formula is C15H21NO2. The third-order valence-corrected chi connectivity index (χ3v) is 3.38. The van der Waals surface area contributed by atoms with Crippen LogP contribution in [0.15, 0.2) is 24.3 Å². The summed E-state index contributed by atoms with van der Waals surface area (Å²) in [6, 6.07) is 7.61. The molecule has 1 atom stereocenters. The molecule has 1 saturated heterocycles. The van der Waals surface area contributed by atoms with Crippen molar-refractivity contribution in [3.8, 4) is 5.75 Å². The molecule has 18 heavy (non-hydrogen) atoms. The van der Waals surface area contributed by atoms with E-state index in [-0.39, 0.29) is 5.97 Å². The van der Waals surface area contributed by atoms with E-state index in [0.717, 1.165) is 25.1 Å². The molecule has 0 bridgehead atoms. The maximum Gasteiger partial charge on any atom is 0.311 e. The molecule has 0 aromatic heterocycles. The van der Waals surface area contributed by atoms with Crippen LogP contribution in [0.4, 0.5) is 0 Å². The van der Waals surface area contributed by atoms with Crippen molar-refractivity contribution >= 4 is 5.97 Å². The fourth-order valence-corrected chi connectivity index (χ4v) is 2.35. The summed E-state index contributed by atoms with van der Waals surface area (Å²) in [4.78, 5) is 11.7. The summed E-state index contributed by atoms with van der Waals surface area (Å²) in [6.07, 6.45) is 3.89. The number of esters is 1. The van der Waals surface area contributed by atoms with Crippen molar-refractivity contribution in [2.45, 2.75) is 32.6 Å². The third-order valence-electron chi connectivity index (χ3n) is 3.38. The Bertz CT molecular complexity index is 397. The highest BCUT2D eigenvalue weighted by atomic mass is 16.5. The van der Waals surface area contributed by atoms with Gasteiger partial charge < -0.3 is 10.1 Å². The quantitative estimate of drug-likeness (QED) is 0.656. The summed E-state index contributed by atoms with van der Waals surface area (Å²) in [5.74, 6) is 1.16. The normalized spacial score (nSPS) is 19.5. The van der Waals surface area contributed by atoms with Gasteiger partial charge in [-0.25, -0.2) is 0 Å². The van der Waals surface area contributed by atoms with Crippen LogP contribution in [-0.4, -0.2) is 19.1 Å². The molecule has 0 amide bonds. The van der Waals surface area contributed by atoms with E-state index >= 15 is 0 Å². The minimum atomic E-state index is -0.119. The summed E-state index contributed by atoms with van der Waals surface area (Å²) in [7, 11) is 0. The van der Waals surface area contributed by atoms with Gasteiger partial charge in [-0.05, 0) is 62.9 Å². The Balaban J connectivity index is 1.74. The first-order chi connectivity index (χ1) is 8.74. The van der Waals surface area contributed by atoms with Crippen molar-refractivity contribution in [2.24, 2.45) is 5.92 Å². The maximum atomic E-state index is 11.7. The summed E-state index contributed by atoms with van der Waals surface area (Å²) in [6.45, 7) is 4.15. The van der Waals surface area contributed by atoms with Gasteiger partial charge in [0.15, 0.2) is 0 Å². The van der Waals surface area contributed by atoms with Crippen LogP contribution in [0.3, 0.4) is 0 Å². The topological polar surface area (TPSA) is 38.3 Å². The van der Waals surface area contributed by atoms with E-state index in [1.165, 1.54) is 12.8 Å². The SMILES string of the molecule is Cc1cccc(OC(=O)CCC2CCCNC2)c1. The van der Waals surface area contributed by atoms with E-state index in [4.69, 9.17) is 4.74 Å². The Morgan fingerprint density at radius 3 is 3.11 bits per heavy atom. The molecule has 0 saturated carbocycles. The second kappa shape index (κ2) is 6.55. The number of ether oxygens (including phenoxy) is 1. The zero-order valence-corrected chi connectivity index (χ0v) is 10.9. The monoisotopic (exact) mass is 247 g/mol. The fraction of sp³-hybridized carbons (Fsp3) is 0.533. The van der Waals surface area contributed by atoms with Gasteiger partial charge in [0.1, 0.15) is 5.75 Å². The summed E-state index contributed by atoms with van der Waals surface area (Å²) in [5.41, 5.74) is 1.11. The van der Waals surface area contributed by atoms with E-state index in [0.29, 0.717) is 18.1 Å². The molecule has 1 unspecified atom stereocenters. The third kappa shape index (κ3) is 4.15. The van der Waals surface area contributed by atoms with E-state index in [9.17, 15) is 4.79 Å². The van der Waals surface area contributed by atoms with Crippen LogP contribution < -0.4 is 10.1 Å². The van der Waals surface area contributed by atoms with Gasteiger partial charge in [0.2, 0.25) is 0 Å². The molecule has 3 heteroatoms. The highest BCUT2D eigenvalue weighted by molar-refractivity contribution is 5.72. The first-order valence-corrected chi connectivity index (χ1v) is 6.72. The molecule has 1 heterocycles. The molecule has 2 rings (SSSR count). The molecule has 1 fully saturated rings. The van der Waals surface area contributed by atoms with E-state index in [1.54, 1.807) is 0 Å². The Hall–Kier alpha value is -1.35.